The molecule has 3 rings (SSSR count). The van der Waals surface area contributed by atoms with Gasteiger partial charge in [-0.25, -0.2) is 13.1 Å². The average Bonchev–Trinajstić information content (AvgIpc) is 3.15. The molecule has 3 aromatic rings. The van der Waals surface area contributed by atoms with Crippen molar-refractivity contribution in [2.24, 2.45) is 0 Å². The first-order chi connectivity index (χ1) is 12.0. The number of rotatable bonds is 6. The van der Waals surface area contributed by atoms with E-state index in [2.05, 4.69) is 9.71 Å². The third-order valence-corrected chi connectivity index (χ3v) is 5.86. The number of nitrogens with one attached hydrogen (secondary N) is 1. The van der Waals surface area contributed by atoms with Crippen molar-refractivity contribution in [1.82, 2.24) is 9.71 Å². The molecule has 0 amide bonds. The predicted octanol–water partition coefficient (Wildman–Crippen LogP) is 3.95. The van der Waals surface area contributed by atoms with Crippen LogP contribution in [0.15, 0.2) is 58.3 Å². The van der Waals surface area contributed by atoms with Crippen LogP contribution < -0.4 is 9.46 Å². The summed E-state index contributed by atoms with van der Waals surface area (Å²) < 4.78 is 32.9. The van der Waals surface area contributed by atoms with Crippen LogP contribution in [-0.2, 0) is 16.6 Å². The van der Waals surface area contributed by atoms with Crippen molar-refractivity contribution in [3.8, 4) is 17.0 Å². The van der Waals surface area contributed by atoms with E-state index in [1.165, 1.54) is 19.2 Å². The molecule has 0 bridgehead atoms. The second-order valence-electron chi connectivity index (χ2n) is 5.18. The number of hydrogen-bond acceptors (Lipinski definition) is 5. The summed E-state index contributed by atoms with van der Waals surface area (Å²) in [7, 11) is -2.35. The molecule has 0 fully saturated rings. The predicted molar refractivity (Wildman–Crippen MR) is 99.6 cm³/mol. The Kier molecular flexibility index (Phi) is 5.39. The largest absolute Gasteiger partial charge is 0.495 e. The van der Waals surface area contributed by atoms with Gasteiger partial charge in [0, 0.05) is 28.7 Å². The molecule has 130 valence electrons. The Hall–Kier alpha value is -1.93. The quantitative estimate of drug-likeness (QED) is 0.687. The van der Waals surface area contributed by atoms with Crippen LogP contribution in [0.25, 0.3) is 11.3 Å². The number of benzene rings is 1. The van der Waals surface area contributed by atoms with E-state index in [4.69, 9.17) is 16.3 Å². The molecule has 2 heterocycles. The van der Waals surface area contributed by atoms with Crippen LogP contribution in [0.5, 0.6) is 5.75 Å². The van der Waals surface area contributed by atoms with E-state index >= 15 is 0 Å². The number of hydrogen-bond donors (Lipinski definition) is 1. The Bertz CT molecular complexity index is 973. The van der Waals surface area contributed by atoms with Crippen LogP contribution >= 0.6 is 22.9 Å². The smallest absolute Gasteiger partial charge is 0.244 e. The highest BCUT2D eigenvalue weighted by molar-refractivity contribution is 7.89. The highest BCUT2D eigenvalue weighted by Crippen LogP contribution is 2.27. The zero-order valence-corrected chi connectivity index (χ0v) is 15.7. The van der Waals surface area contributed by atoms with Gasteiger partial charge in [-0.05, 0) is 47.3 Å². The lowest BCUT2D eigenvalue weighted by molar-refractivity contribution is 0.402. The van der Waals surface area contributed by atoms with E-state index in [-0.39, 0.29) is 17.2 Å². The fraction of sp³-hybridized carbons (Fsp3) is 0.118. The fourth-order valence-electron chi connectivity index (χ4n) is 2.27. The number of pyridine rings is 1. The summed E-state index contributed by atoms with van der Waals surface area (Å²) in [4.78, 5) is 4.32. The van der Waals surface area contributed by atoms with E-state index < -0.39 is 10.0 Å². The second-order valence-corrected chi connectivity index (χ2v) is 8.13. The van der Waals surface area contributed by atoms with Crippen molar-refractivity contribution >= 4 is 33.0 Å². The summed E-state index contributed by atoms with van der Waals surface area (Å²) >= 11 is 7.50. The maximum Gasteiger partial charge on any atom is 0.244 e. The van der Waals surface area contributed by atoms with Gasteiger partial charge in [-0.1, -0.05) is 11.6 Å². The van der Waals surface area contributed by atoms with Crippen molar-refractivity contribution in [3.05, 3.63) is 63.9 Å². The molecule has 0 aliphatic rings. The Labute approximate surface area is 155 Å². The molecule has 0 radical (unpaired) electrons. The molecule has 0 aliphatic heterocycles. The average molecular weight is 395 g/mol. The van der Waals surface area contributed by atoms with Gasteiger partial charge in [0.2, 0.25) is 10.0 Å². The first-order valence-electron chi connectivity index (χ1n) is 7.30. The maximum absolute atomic E-state index is 12.6. The van der Waals surface area contributed by atoms with Crippen LogP contribution in [0.1, 0.15) is 5.56 Å². The molecule has 0 atom stereocenters. The van der Waals surface area contributed by atoms with Crippen molar-refractivity contribution in [2.45, 2.75) is 11.4 Å². The van der Waals surface area contributed by atoms with Gasteiger partial charge in [0.1, 0.15) is 10.6 Å². The number of ether oxygens (including phenoxy) is 1. The van der Waals surface area contributed by atoms with Gasteiger partial charge < -0.3 is 4.74 Å². The third kappa shape index (κ3) is 4.19. The van der Waals surface area contributed by atoms with Gasteiger partial charge in [0.05, 0.1) is 12.8 Å². The molecular formula is C17H15ClN2O3S2. The highest BCUT2D eigenvalue weighted by Gasteiger charge is 2.19. The molecule has 0 saturated heterocycles. The standard InChI is InChI=1S/C17H15ClN2O3S2/c1-23-16-3-2-14(18)9-17(16)25(21,22)20-10-12-4-6-19-15(8-12)13-5-7-24-11-13/h2-9,11,20H,10H2,1H3. The van der Waals surface area contributed by atoms with Crippen LogP contribution in [0, 0.1) is 0 Å². The highest BCUT2D eigenvalue weighted by atomic mass is 35.5. The molecule has 8 heteroatoms. The number of sulfonamides is 1. The van der Waals surface area contributed by atoms with Crippen molar-refractivity contribution < 1.29 is 13.2 Å². The zero-order chi connectivity index (χ0) is 17.9. The first kappa shape index (κ1) is 17.9. The lowest BCUT2D eigenvalue weighted by Gasteiger charge is -2.11. The lowest BCUT2D eigenvalue weighted by atomic mass is 10.1. The van der Waals surface area contributed by atoms with Crippen LogP contribution in [0.4, 0.5) is 0 Å². The lowest BCUT2D eigenvalue weighted by Crippen LogP contribution is -2.23. The Morgan fingerprint density at radius 1 is 1.24 bits per heavy atom. The normalized spacial score (nSPS) is 11.4. The van der Waals surface area contributed by atoms with E-state index in [9.17, 15) is 8.42 Å². The molecular weight excluding hydrogens is 380 g/mol. The van der Waals surface area contributed by atoms with Gasteiger partial charge in [0.25, 0.3) is 0 Å². The fourth-order valence-corrected chi connectivity index (χ4v) is 4.37. The van der Waals surface area contributed by atoms with E-state index in [1.54, 1.807) is 29.7 Å². The molecule has 1 aromatic carbocycles. The SMILES string of the molecule is COc1ccc(Cl)cc1S(=O)(=O)NCc1ccnc(-c2ccsc2)c1. The molecule has 0 aliphatic carbocycles. The third-order valence-electron chi connectivity index (χ3n) is 3.52. The van der Waals surface area contributed by atoms with Crippen LogP contribution in [-0.4, -0.2) is 20.5 Å². The number of aromatic nitrogens is 1. The summed E-state index contributed by atoms with van der Waals surface area (Å²) in [6.07, 6.45) is 1.66. The number of nitrogens with zero attached hydrogens (tertiary/aromatic N) is 1. The molecule has 0 saturated carbocycles. The number of halogens is 1. The molecule has 0 unspecified atom stereocenters. The monoisotopic (exact) mass is 394 g/mol. The van der Waals surface area contributed by atoms with Gasteiger partial charge >= 0.3 is 0 Å². The molecule has 1 N–H and O–H groups in total. The molecule has 5 nitrogen and oxygen atoms in total. The van der Waals surface area contributed by atoms with Crippen molar-refractivity contribution in [3.63, 3.8) is 0 Å². The van der Waals surface area contributed by atoms with Gasteiger partial charge in [-0.3, -0.25) is 4.98 Å². The number of methoxy groups -OCH3 is 1. The summed E-state index contributed by atoms with van der Waals surface area (Å²) in [5.74, 6) is 0.241. The minimum absolute atomic E-state index is 0.00890. The van der Waals surface area contributed by atoms with E-state index in [0.29, 0.717) is 5.02 Å². The summed E-state index contributed by atoms with van der Waals surface area (Å²) in [5, 5.41) is 4.29. The van der Waals surface area contributed by atoms with Gasteiger partial charge in [-0.2, -0.15) is 11.3 Å². The second kappa shape index (κ2) is 7.53. The van der Waals surface area contributed by atoms with Crippen molar-refractivity contribution in [2.75, 3.05) is 7.11 Å². The first-order valence-corrected chi connectivity index (χ1v) is 10.1. The minimum Gasteiger partial charge on any atom is -0.495 e. The minimum atomic E-state index is -3.77. The zero-order valence-electron chi connectivity index (χ0n) is 13.3. The molecule has 25 heavy (non-hydrogen) atoms. The molecule has 2 aromatic heterocycles. The van der Waals surface area contributed by atoms with E-state index in [1.807, 2.05) is 22.9 Å². The number of thiophene rings is 1. The Morgan fingerprint density at radius 3 is 2.80 bits per heavy atom. The van der Waals surface area contributed by atoms with Gasteiger partial charge in [-0.15, -0.1) is 0 Å². The topological polar surface area (TPSA) is 68.3 Å². The van der Waals surface area contributed by atoms with Crippen LogP contribution in [0.3, 0.4) is 0 Å². The summed E-state index contributed by atoms with van der Waals surface area (Å²) in [6.45, 7) is 0.137. The van der Waals surface area contributed by atoms with E-state index in [0.717, 1.165) is 16.8 Å². The summed E-state index contributed by atoms with van der Waals surface area (Å²) in [5.41, 5.74) is 2.62. The Morgan fingerprint density at radius 2 is 2.08 bits per heavy atom. The van der Waals surface area contributed by atoms with Gasteiger partial charge in [0.15, 0.2) is 0 Å². The molecule has 0 spiro atoms. The summed E-state index contributed by atoms with van der Waals surface area (Å²) in [6, 6.07) is 10.1. The van der Waals surface area contributed by atoms with Crippen LogP contribution in [0.2, 0.25) is 5.02 Å². The van der Waals surface area contributed by atoms with Crippen molar-refractivity contribution in [1.29, 1.82) is 0 Å². The Balaban J connectivity index is 1.81. The maximum atomic E-state index is 12.6.